The van der Waals surface area contributed by atoms with Crippen molar-refractivity contribution in [2.75, 3.05) is 40.9 Å². The number of hydrogen-bond donors (Lipinski definition) is 1. The molecule has 0 spiro atoms. The lowest BCUT2D eigenvalue weighted by atomic mass is 10.0. The van der Waals surface area contributed by atoms with E-state index in [0.29, 0.717) is 17.4 Å². The molecule has 0 radical (unpaired) electrons. The topological polar surface area (TPSA) is 114 Å². The minimum absolute atomic E-state index is 0.0192. The number of carbonyl (C=O) groups excluding carboxylic acids is 2. The Labute approximate surface area is 516 Å². The quantitative estimate of drug-likeness (QED) is 0.0212. The molecule has 0 aromatic heterocycles. The van der Waals surface area contributed by atoms with Gasteiger partial charge in [-0.3, -0.25) is 14.2 Å². The van der Waals surface area contributed by atoms with Crippen molar-refractivity contribution in [3.63, 3.8) is 0 Å². The number of phosphoric acid groups is 1. The molecule has 3 atom stereocenters. The first kappa shape index (κ1) is 81.2. The van der Waals surface area contributed by atoms with Crippen LogP contribution in [0.2, 0.25) is 0 Å². The molecular weight excluding hydrogens is 1050 g/mol. The first-order valence-corrected chi connectivity index (χ1v) is 37.8. The van der Waals surface area contributed by atoms with Gasteiger partial charge in [-0.1, -0.05) is 327 Å². The van der Waals surface area contributed by atoms with Crippen LogP contribution < -0.4 is 10.2 Å². The molecule has 83 heavy (non-hydrogen) atoms. The summed E-state index contributed by atoms with van der Waals surface area (Å²) >= 11 is 0. The Morgan fingerprint density at radius 3 is 1.11 bits per heavy atom. The Morgan fingerprint density at radius 1 is 0.422 bits per heavy atom. The molecular formula is C73H141N2O7P. The minimum Gasteiger partial charge on any atom is -0.756 e. The number of nitrogens with zero attached hydrogens (tertiary/aromatic N) is 1. The van der Waals surface area contributed by atoms with Gasteiger partial charge in [0.25, 0.3) is 7.82 Å². The molecule has 1 amide bonds. The molecule has 0 rings (SSSR count). The molecule has 490 valence electrons. The fourth-order valence-electron chi connectivity index (χ4n) is 11.0. The number of ether oxygens (including phenoxy) is 1. The minimum atomic E-state index is -4.70. The molecule has 0 saturated heterocycles. The van der Waals surface area contributed by atoms with E-state index in [2.05, 4.69) is 50.4 Å². The molecule has 0 heterocycles. The van der Waals surface area contributed by atoms with Gasteiger partial charge < -0.3 is 28.5 Å². The third-order valence-electron chi connectivity index (χ3n) is 16.6. The summed E-state index contributed by atoms with van der Waals surface area (Å²) in [6.07, 6.45) is 78.4. The molecule has 0 aliphatic rings. The van der Waals surface area contributed by atoms with Crippen molar-refractivity contribution in [3.8, 4) is 0 Å². The first-order chi connectivity index (χ1) is 40.4. The van der Waals surface area contributed by atoms with Crippen LogP contribution in [0.5, 0.6) is 0 Å². The van der Waals surface area contributed by atoms with Crippen molar-refractivity contribution in [1.82, 2.24) is 5.32 Å². The fourth-order valence-corrected chi connectivity index (χ4v) is 11.7. The number of rotatable bonds is 67. The van der Waals surface area contributed by atoms with Crippen LogP contribution in [-0.4, -0.2) is 69.4 Å². The Kier molecular flexibility index (Phi) is 61.9. The van der Waals surface area contributed by atoms with Crippen molar-refractivity contribution < 1.29 is 37.3 Å². The van der Waals surface area contributed by atoms with Crippen molar-refractivity contribution >= 4 is 19.7 Å². The lowest BCUT2D eigenvalue weighted by Gasteiger charge is -2.30. The smallest absolute Gasteiger partial charge is 0.306 e. The van der Waals surface area contributed by atoms with E-state index in [4.69, 9.17) is 13.8 Å². The molecule has 0 aromatic carbocycles. The maximum absolute atomic E-state index is 13.6. The highest BCUT2D eigenvalue weighted by Gasteiger charge is 2.27. The van der Waals surface area contributed by atoms with Crippen LogP contribution in [0.15, 0.2) is 36.5 Å². The lowest BCUT2D eigenvalue weighted by Crippen LogP contribution is -2.47. The monoisotopic (exact) mass is 1190 g/mol. The predicted molar refractivity (Wildman–Crippen MR) is 358 cm³/mol. The summed E-state index contributed by atoms with van der Waals surface area (Å²) in [6.45, 7) is 6.89. The number of hydrogen-bond acceptors (Lipinski definition) is 7. The maximum Gasteiger partial charge on any atom is 0.306 e. The number of likely N-dealkylation sites (N-methyl/N-ethyl adjacent to an activating group) is 1. The number of nitrogens with one attached hydrogen (secondary N) is 1. The number of phosphoric ester groups is 1. The van der Waals surface area contributed by atoms with E-state index in [9.17, 15) is 19.0 Å². The van der Waals surface area contributed by atoms with E-state index in [-0.39, 0.29) is 31.5 Å². The molecule has 3 unspecified atom stereocenters. The molecule has 0 bridgehead atoms. The van der Waals surface area contributed by atoms with E-state index in [1.165, 1.54) is 270 Å². The summed E-state index contributed by atoms with van der Waals surface area (Å²) in [6, 6.07) is -0.886. The van der Waals surface area contributed by atoms with Crippen LogP contribution in [0.3, 0.4) is 0 Å². The van der Waals surface area contributed by atoms with Crippen LogP contribution in [0.4, 0.5) is 0 Å². The van der Waals surface area contributed by atoms with Gasteiger partial charge in [0, 0.05) is 12.8 Å². The van der Waals surface area contributed by atoms with E-state index < -0.39 is 20.0 Å². The standard InChI is InChI=1S/C73H141N2O7P/c1-7-10-13-16-19-22-25-28-30-32-34-36-37-39-40-42-44-47-50-53-56-59-62-65-72(76)74-70(69-81-83(78,79)80-68-67-75(4,5)6)71(64-61-58-55-52-49-46-27-24-21-18-15-12-9-3)82-73(77)66-63-60-57-54-51-48-45-43-41-38-35-33-31-29-26-23-20-17-14-11-8-2/h19,22,28,30,61,64,70-71H,7-18,20-21,23-27,29,31-60,62-63,65-69H2,1-6H3,(H-,74,76,78,79)/b22-19-,30-28-,64-61+. The van der Waals surface area contributed by atoms with Gasteiger partial charge in [-0.05, 0) is 63.9 Å². The predicted octanol–water partition coefficient (Wildman–Crippen LogP) is 22.4. The highest BCUT2D eigenvalue weighted by atomic mass is 31.2. The van der Waals surface area contributed by atoms with Gasteiger partial charge in [0.15, 0.2) is 0 Å². The lowest BCUT2D eigenvalue weighted by molar-refractivity contribution is -0.870. The van der Waals surface area contributed by atoms with Gasteiger partial charge in [0.05, 0.1) is 33.8 Å². The molecule has 1 N–H and O–H groups in total. The number of amides is 1. The van der Waals surface area contributed by atoms with Gasteiger partial charge in [0.1, 0.15) is 19.3 Å². The van der Waals surface area contributed by atoms with Gasteiger partial charge in [-0.25, -0.2) is 0 Å². The molecule has 10 heteroatoms. The van der Waals surface area contributed by atoms with Crippen LogP contribution in [0, 0.1) is 0 Å². The number of carbonyl (C=O) groups is 2. The first-order valence-electron chi connectivity index (χ1n) is 36.3. The fraction of sp³-hybridized carbons (Fsp3) is 0.890. The van der Waals surface area contributed by atoms with Gasteiger partial charge in [-0.2, -0.15) is 0 Å². The van der Waals surface area contributed by atoms with Crippen LogP contribution >= 0.6 is 7.82 Å². The number of allylic oxidation sites excluding steroid dienone is 5. The van der Waals surface area contributed by atoms with Gasteiger partial charge in [-0.15, -0.1) is 0 Å². The van der Waals surface area contributed by atoms with Gasteiger partial charge >= 0.3 is 5.97 Å². The SMILES string of the molecule is CCCCC/C=C\C/C=C\CCCCCCCCCCCCCCCC(=O)NC(COP(=O)([O-])OCC[N+](C)(C)C)C(/C=C/CCCCCCCCCCCCC)OC(=O)CCCCCCCCCCCCCCCCCCCCCCC. The van der Waals surface area contributed by atoms with Crippen LogP contribution in [0.1, 0.15) is 367 Å². The van der Waals surface area contributed by atoms with Crippen molar-refractivity contribution in [3.05, 3.63) is 36.5 Å². The van der Waals surface area contributed by atoms with Crippen molar-refractivity contribution in [2.24, 2.45) is 0 Å². The zero-order valence-corrected chi connectivity index (χ0v) is 57.1. The van der Waals surface area contributed by atoms with Crippen molar-refractivity contribution in [1.29, 1.82) is 0 Å². The summed E-state index contributed by atoms with van der Waals surface area (Å²) in [4.78, 5) is 40.2. The second-order valence-electron chi connectivity index (χ2n) is 26.1. The summed E-state index contributed by atoms with van der Waals surface area (Å²) in [5.41, 5.74) is 0. The highest BCUT2D eigenvalue weighted by molar-refractivity contribution is 7.45. The summed E-state index contributed by atoms with van der Waals surface area (Å²) in [5.74, 6) is -0.520. The second kappa shape index (κ2) is 63.3. The largest absolute Gasteiger partial charge is 0.756 e. The Balaban J connectivity index is 5.06. The van der Waals surface area contributed by atoms with E-state index in [1.807, 2.05) is 33.3 Å². The normalized spacial score (nSPS) is 13.7. The Hall–Kier alpha value is -1.77. The van der Waals surface area contributed by atoms with Gasteiger partial charge in [0.2, 0.25) is 5.91 Å². The Bertz CT molecular complexity index is 1510. The molecule has 9 nitrogen and oxygen atoms in total. The Morgan fingerprint density at radius 2 is 0.735 bits per heavy atom. The van der Waals surface area contributed by atoms with Crippen molar-refractivity contribution in [2.45, 2.75) is 380 Å². The van der Waals surface area contributed by atoms with Crippen LogP contribution in [0.25, 0.3) is 0 Å². The molecule has 0 aromatic rings. The third-order valence-corrected chi connectivity index (χ3v) is 17.5. The zero-order valence-electron chi connectivity index (χ0n) is 56.2. The van der Waals surface area contributed by atoms with E-state index in [0.717, 1.165) is 64.2 Å². The van der Waals surface area contributed by atoms with E-state index in [1.54, 1.807) is 0 Å². The summed E-state index contributed by atoms with van der Waals surface area (Å²) < 4.78 is 30.5. The number of unbranched alkanes of at least 4 members (excludes halogenated alkanes) is 47. The zero-order chi connectivity index (χ0) is 60.7. The molecule has 0 saturated carbocycles. The molecule has 0 fully saturated rings. The highest BCUT2D eigenvalue weighted by Crippen LogP contribution is 2.38. The maximum atomic E-state index is 13.6. The number of quaternary nitrogens is 1. The average Bonchev–Trinajstić information content (AvgIpc) is 3.46. The molecule has 0 aliphatic heterocycles. The molecule has 0 aliphatic carbocycles. The third kappa shape index (κ3) is 64.5. The second-order valence-corrected chi connectivity index (χ2v) is 27.5. The van der Waals surface area contributed by atoms with Crippen LogP contribution in [-0.2, 0) is 27.9 Å². The summed E-state index contributed by atoms with van der Waals surface area (Å²) in [5, 5.41) is 3.05. The summed E-state index contributed by atoms with van der Waals surface area (Å²) in [7, 11) is 1.20. The average molecular weight is 1190 g/mol. The van der Waals surface area contributed by atoms with E-state index >= 15 is 0 Å². The number of esters is 1.